The molecule has 9 nitrogen and oxygen atoms in total. The molecule has 164 valence electrons. The molecule has 10 heteroatoms. The number of H-pyrrole nitrogens is 1. The molecule has 2 fully saturated rings. The van der Waals surface area contributed by atoms with E-state index in [4.69, 9.17) is 4.74 Å². The molecule has 0 radical (unpaired) electrons. The summed E-state index contributed by atoms with van der Waals surface area (Å²) in [5.41, 5.74) is 2.95. The summed E-state index contributed by atoms with van der Waals surface area (Å²) >= 11 is 0. The lowest BCUT2D eigenvalue weighted by Crippen LogP contribution is -2.48. The zero-order valence-corrected chi connectivity index (χ0v) is 18.5. The maximum absolute atomic E-state index is 13.1. The molecule has 0 spiro atoms. The number of benzene rings is 1. The van der Waals surface area contributed by atoms with Gasteiger partial charge in [0, 0.05) is 31.9 Å². The molecule has 1 N–H and O–H groups in total. The van der Waals surface area contributed by atoms with E-state index in [0.717, 1.165) is 29.4 Å². The Morgan fingerprint density at radius 1 is 1.10 bits per heavy atom. The smallest absolute Gasteiger partial charge is 0.246 e. The monoisotopic (exact) mass is 442 g/mol. The summed E-state index contributed by atoms with van der Waals surface area (Å²) in [5, 5.41) is 7.71. The molecule has 1 aliphatic heterocycles. The lowest BCUT2D eigenvalue weighted by Gasteiger charge is -2.35. The summed E-state index contributed by atoms with van der Waals surface area (Å²) in [7, 11) is -3.56. The Kier molecular flexibility index (Phi) is 5.05. The van der Waals surface area contributed by atoms with Crippen LogP contribution in [-0.2, 0) is 10.0 Å². The summed E-state index contributed by atoms with van der Waals surface area (Å²) in [5.74, 6) is 0.628. The third-order valence-corrected chi connectivity index (χ3v) is 8.34. The fourth-order valence-corrected chi connectivity index (χ4v) is 5.95. The average molecular weight is 443 g/mol. The quantitative estimate of drug-likeness (QED) is 0.647. The highest BCUT2D eigenvalue weighted by molar-refractivity contribution is 7.89. The van der Waals surface area contributed by atoms with Gasteiger partial charge >= 0.3 is 0 Å². The predicted molar refractivity (Wildman–Crippen MR) is 117 cm³/mol. The van der Waals surface area contributed by atoms with Crippen molar-refractivity contribution in [3.05, 3.63) is 35.9 Å². The molecule has 1 aliphatic carbocycles. The second-order valence-corrected chi connectivity index (χ2v) is 10.1. The number of ether oxygens (including phenoxy) is 1. The minimum Gasteiger partial charge on any atom is -0.474 e. The lowest BCUT2D eigenvalue weighted by molar-refractivity contribution is 0.116. The van der Waals surface area contributed by atoms with Crippen molar-refractivity contribution in [1.29, 1.82) is 0 Å². The van der Waals surface area contributed by atoms with Gasteiger partial charge in [-0.25, -0.2) is 18.4 Å². The van der Waals surface area contributed by atoms with Crippen molar-refractivity contribution >= 4 is 26.6 Å². The molecule has 3 heterocycles. The van der Waals surface area contributed by atoms with Gasteiger partial charge in [0.25, 0.3) is 0 Å². The Morgan fingerprint density at radius 3 is 2.52 bits per heavy atom. The Hall–Kier alpha value is -2.72. The van der Waals surface area contributed by atoms with E-state index in [0.29, 0.717) is 48.3 Å². The molecule has 0 amide bonds. The van der Waals surface area contributed by atoms with Crippen molar-refractivity contribution in [1.82, 2.24) is 24.5 Å². The Balaban J connectivity index is 1.35. The second kappa shape index (κ2) is 7.76. The maximum atomic E-state index is 13.1. The molecule has 2 aliphatic rings. The van der Waals surface area contributed by atoms with Crippen molar-refractivity contribution < 1.29 is 13.2 Å². The van der Waals surface area contributed by atoms with Gasteiger partial charge < -0.3 is 9.64 Å². The Bertz CT molecular complexity index is 1190. The third-order valence-electron chi connectivity index (χ3n) is 6.18. The zero-order valence-electron chi connectivity index (χ0n) is 17.7. The molecule has 1 aromatic carbocycles. The van der Waals surface area contributed by atoms with Crippen LogP contribution < -0.4 is 9.64 Å². The summed E-state index contributed by atoms with van der Waals surface area (Å²) in [6, 6.07) is 6.05. The standard InChI is InChI=1S/C21H26N6O3S/c1-14-20(15(2)25-24-14)31(28,29)27-10-8-26(9-11-27)16-6-7-19-18(12-16)21(23-13-22-19)30-17-4-3-5-17/h6-7,12-13,17H,3-5,8-11H2,1-2H3,(H,24,25). The van der Waals surface area contributed by atoms with Gasteiger partial charge in [-0.3, -0.25) is 5.10 Å². The Morgan fingerprint density at radius 2 is 1.87 bits per heavy atom. The van der Waals surface area contributed by atoms with Gasteiger partial charge in [0.15, 0.2) is 0 Å². The first-order valence-corrected chi connectivity index (χ1v) is 12.1. The highest BCUT2D eigenvalue weighted by Gasteiger charge is 2.32. The van der Waals surface area contributed by atoms with Gasteiger partial charge in [-0.2, -0.15) is 9.40 Å². The van der Waals surface area contributed by atoms with Gasteiger partial charge in [0.05, 0.1) is 22.3 Å². The number of aryl methyl sites for hydroxylation is 2. The van der Waals surface area contributed by atoms with Crippen LogP contribution in [0.1, 0.15) is 30.7 Å². The van der Waals surface area contributed by atoms with Crippen LogP contribution >= 0.6 is 0 Å². The van der Waals surface area contributed by atoms with Crippen LogP contribution in [0.4, 0.5) is 5.69 Å². The number of rotatable bonds is 5. The molecule has 0 atom stereocenters. The largest absolute Gasteiger partial charge is 0.474 e. The number of sulfonamides is 1. The van der Waals surface area contributed by atoms with Gasteiger partial charge in [-0.1, -0.05) is 0 Å². The minimum absolute atomic E-state index is 0.241. The number of nitrogens with one attached hydrogen (secondary N) is 1. The van der Waals surface area contributed by atoms with Crippen molar-refractivity contribution in [2.24, 2.45) is 0 Å². The number of aromatic amines is 1. The highest BCUT2D eigenvalue weighted by atomic mass is 32.2. The molecule has 0 bridgehead atoms. The van der Waals surface area contributed by atoms with E-state index in [2.05, 4.69) is 31.1 Å². The second-order valence-electron chi connectivity index (χ2n) is 8.21. The maximum Gasteiger partial charge on any atom is 0.246 e. The average Bonchev–Trinajstić information content (AvgIpc) is 3.09. The van der Waals surface area contributed by atoms with Gasteiger partial charge in [-0.15, -0.1) is 0 Å². The normalized spacial score (nSPS) is 18.3. The molecule has 2 aromatic heterocycles. The topological polar surface area (TPSA) is 104 Å². The van der Waals surface area contributed by atoms with E-state index in [1.165, 1.54) is 6.42 Å². The number of fused-ring (bicyclic) bond motifs is 1. The van der Waals surface area contributed by atoms with Crippen LogP contribution in [0.25, 0.3) is 10.9 Å². The van der Waals surface area contributed by atoms with Crippen molar-refractivity contribution in [3.8, 4) is 5.88 Å². The summed E-state index contributed by atoms with van der Waals surface area (Å²) in [4.78, 5) is 11.2. The van der Waals surface area contributed by atoms with Crippen LogP contribution in [0.15, 0.2) is 29.4 Å². The molecule has 0 unspecified atom stereocenters. The van der Waals surface area contributed by atoms with E-state index >= 15 is 0 Å². The van der Waals surface area contributed by atoms with E-state index in [1.54, 1.807) is 24.5 Å². The fraction of sp³-hybridized carbons (Fsp3) is 0.476. The van der Waals surface area contributed by atoms with E-state index < -0.39 is 10.0 Å². The van der Waals surface area contributed by atoms with E-state index in [9.17, 15) is 8.42 Å². The highest BCUT2D eigenvalue weighted by Crippen LogP contribution is 2.31. The molecule has 1 saturated heterocycles. The number of hydrogen-bond acceptors (Lipinski definition) is 7. The fourth-order valence-electron chi connectivity index (χ4n) is 4.19. The summed E-state index contributed by atoms with van der Waals surface area (Å²) in [6.45, 7) is 5.50. The minimum atomic E-state index is -3.56. The number of piperazine rings is 1. The molecular weight excluding hydrogens is 416 g/mol. The van der Waals surface area contributed by atoms with Crippen LogP contribution in [-0.4, -0.2) is 65.2 Å². The van der Waals surface area contributed by atoms with Crippen molar-refractivity contribution in [3.63, 3.8) is 0 Å². The van der Waals surface area contributed by atoms with Crippen LogP contribution in [0.3, 0.4) is 0 Å². The van der Waals surface area contributed by atoms with Crippen molar-refractivity contribution in [2.45, 2.75) is 44.1 Å². The molecule has 5 rings (SSSR count). The predicted octanol–water partition coefficient (Wildman–Crippen LogP) is 2.41. The number of hydrogen-bond donors (Lipinski definition) is 1. The molecule has 3 aromatic rings. The summed E-state index contributed by atoms with van der Waals surface area (Å²) in [6.07, 6.45) is 5.11. The molecule has 1 saturated carbocycles. The lowest BCUT2D eigenvalue weighted by atomic mass is 9.96. The molecule has 31 heavy (non-hydrogen) atoms. The number of aromatic nitrogens is 4. The third kappa shape index (κ3) is 3.63. The Labute approximate surface area is 181 Å². The van der Waals surface area contributed by atoms with Crippen LogP contribution in [0.5, 0.6) is 5.88 Å². The van der Waals surface area contributed by atoms with Gasteiger partial charge in [0.1, 0.15) is 17.3 Å². The van der Waals surface area contributed by atoms with E-state index in [-0.39, 0.29) is 6.10 Å². The number of anilines is 1. The summed E-state index contributed by atoms with van der Waals surface area (Å²) < 4.78 is 33.8. The first kappa shape index (κ1) is 20.2. The van der Waals surface area contributed by atoms with E-state index in [1.807, 2.05) is 12.1 Å². The number of nitrogens with zero attached hydrogens (tertiary/aromatic N) is 5. The first-order chi connectivity index (χ1) is 14.9. The SMILES string of the molecule is Cc1n[nH]c(C)c1S(=O)(=O)N1CCN(c2ccc3ncnc(OC4CCC4)c3c2)CC1. The first-order valence-electron chi connectivity index (χ1n) is 10.6. The van der Waals surface area contributed by atoms with Gasteiger partial charge in [0.2, 0.25) is 15.9 Å². The van der Waals surface area contributed by atoms with Crippen LogP contribution in [0.2, 0.25) is 0 Å². The van der Waals surface area contributed by atoms with Gasteiger partial charge in [-0.05, 0) is 51.3 Å². The zero-order chi connectivity index (χ0) is 21.6. The molecular formula is C21H26N6O3S. The van der Waals surface area contributed by atoms with Crippen molar-refractivity contribution in [2.75, 3.05) is 31.1 Å². The van der Waals surface area contributed by atoms with Crippen LogP contribution in [0, 0.1) is 13.8 Å².